The van der Waals surface area contributed by atoms with Crippen LogP contribution in [0.3, 0.4) is 0 Å². The van der Waals surface area contributed by atoms with Gasteiger partial charge >= 0.3 is 0 Å². The summed E-state index contributed by atoms with van der Waals surface area (Å²) in [6.07, 6.45) is 4.84. The van der Waals surface area contributed by atoms with Crippen molar-refractivity contribution in [1.29, 1.82) is 0 Å². The number of sulfone groups is 1. The van der Waals surface area contributed by atoms with Gasteiger partial charge in [0.2, 0.25) is 0 Å². The third-order valence-corrected chi connectivity index (χ3v) is 6.55. The lowest BCUT2D eigenvalue weighted by Gasteiger charge is -2.20. The predicted octanol–water partition coefficient (Wildman–Crippen LogP) is 2.86. The topological polar surface area (TPSA) is 46.5 Å². The highest BCUT2D eigenvalue weighted by Crippen LogP contribution is 2.37. The summed E-state index contributed by atoms with van der Waals surface area (Å²) in [5.74, 6) is 0.160. The minimum Gasteiger partial charge on any atom is -0.294 e. The van der Waals surface area contributed by atoms with Gasteiger partial charge in [-0.1, -0.05) is 24.6 Å². The van der Waals surface area contributed by atoms with E-state index in [2.05, 4.69) is 4.99 Å². The van der Waals surface area contributed by atoms with Crippen LogP contribution in [0.25, 0.3) is 0 Å². The average Bonchev–Trinajstić information content (AvgIpc) is 3.10. The van der Waals surface area contributed by atoms with Crippen LogP contribution in [0.4, 0.5) is 0 Å². The monoisotopic (exact) mass is 277 g/mol. The van der Waals surface area contributed by atoms with Gasteiger partial charge < -0.3 is 0 Å². The molecule has 1 heterocycles. The molecule has 102 valence electrons. The summed E-state index contributed by atoms with van der Waals surface area (Å²) in [7, 11) is -3.21. The van der Waals surface area contributed by atoms with Crippen LogP contribution in [0, 0.1) is 5.92 Å². The van der Waals surface area contributed by atoms with Crippen LogP contribution in [0.5, 0.6) is 0 Å². The summed E-state index contributed by atoms with van der Waals surface area (Å²) in [4.78, 5) is 4.99. The fourth-order valence-electron chi connectivity index (χ4n) is 3.33. The summed E-state index contributed by atoms with van der Waals surface area (Å²) in [5, 5.41) is -0.258. The summed E-state index contributed by atoms with van der Waals surface area (Å²) < 4.78 is 25.5. The van der Waals surface area contributed by atoms with Crippen LogP contribution in [0.2, 0.25) is 0 Å². The van der Waals surface area contributed by atoms with Crippen molar-refractivity contribution in [2.24, 2.45) is 10.9 Å². The number of hydrogen-bond acceptors (Lipinski definition) is 3. The Hall–Kier alpha value is -1.16. The van der Waals surface area contributed by atoms with E-state index in [9.17, 15) is 8.42 Å². The lowest BCUT2D eigenvalue weighted by atomic mass is 9.99. The maximum absolute atomic E-state index is 12.7. The second kappa shape index (κ2) is 5.08. The lowest BCUT2D eigenvalue weighted by Crippen LogP contribution is -2.30. The first-order chi connectivity index (χ1) is 9.19. The molecule has 0 saturated heterocycles. The van der Waals surface area contributed by atoms with Gasteiger partial charge in [-0.25, -0.2) is 8.42 Å². The van der Waals surface area contributed by atoms with Crippen molar-refractivity contribution in [3.63, 3.8) is 0 Å². The minimum atomic E-state index is -3.21. The van der Waals surface area contributed by atoms with Crippen LogP contribution in [0.1, 0.15) is 32.1 Å². The van der Waals surface area contributed by atoms with E-state index >= 15 is 0 Å². The fraction of sp³-hybridized carbons (Fsp3) is 0.533. The van der Waals surface area contributed by atoms with Crippen molar-refractivity contribution >= 4 is 15.5 Å². The normalized spacial score (nSPS) is 27.5. The van der Waals surface area contributed by atoms with E-state index in [1.54, 1.807) is 24.3 Å². The molecular weight excluding hydrogens is 258 g/mol. The van der Waals surface area contributed by atoms with Crippen LogP contribution in [-0.2, 0) is 9.84 Å². The van der Waals surface area contributed by atoms with Crippen molar-refractivity contribution in [1.82, 2.24) is 0 Å². The van der Waals surface area contributed by atoms with Gasteiger partial charge in [0.15, 0.2) is 9.84 Å². The van der Waals surface area contributed by atoms with Crippen LogP contribution in [-0.4, -0.2) is 25.9 Å². The molecule has 0 unspecified atom stereocenters. The van der Waals surface area contributed by atoms with Crippen molar-refractivity contribution < 1.29 is 8.42 Å². The highest BCUT2D eigenvalue weighted by Gasteiger charge is 2.40. The number of benzene rings is 1. The molecule has 2 atom stereocenters. The van der Waals surface area contributed by atoms with E-state index < -0.39 is 9.84 Å². The van der Waals surface area contributed by atoms with Crippen molar-refractivity contribution in [2.45, 2.75) is 42.2 Å². The standard InChI is InChI=1S/C15H19NO2S/c17-19(18,12-6-2-1-3-7-12)15-10-4-8-13(15)14-9-5-11-16-14/h1-3,6-7,13,15H,4-5,8-11H2/t13-,15+/m1/s1. The van der Waals surface area contributed by atoms with Crippen LogP contribution in [0.15, 0.2) is 40.2 Å². The summed E-state index contributed by atoms with van der Waals surface area (Å²) >= 11 is 0. The van der Waals surface area contributed by atoms with E-state index in [0.717, 1.165) is 44.4 Å². The molecule has 0 N–H and O–H groups in total. The maximum atomic E-state index is 12.7. The molecule has 1 aliphatic heterocycles. The van der Waals surface area contributed by atoms with Gasteiger partial charge in [-0.2, -0.15) is 0 Å². The SMILES string of the molecule is O=S(=O)(c1ccccc1)[C@H]1CCC[C@@H]1C1=NCCC1. The highest BCUT2D eigenvalue weighted by atomic mass is 32.2. The van der Waals surface area contributed by atoms with E-state index in [-0.39, 0.29) is 11.2 Å². The quantitative estimate of drug-likeness (QED) is 0.853. The molecule has 1 aliphatic carbocycles. The number of hydrogen-bond donors (Lipinski definition) is 0. The molecular formula is C15H19NO2S. The molecule has 3 nitrogen and oxygen atoms in total. The first-order valence-electron chi connectivity index (χ1n) is 7.02. The highest BCUT2D eigenvalue weighted by molar-refractivity contribution is 7.92. The van der Waals surface area contributed by atoms with Crippen molar-refractivity contribution in [2.75, 3.05) is 6.54 Å². The van der Waals surface area contributed by atoms with Gasteiger partial charge in [-0.15, -0.1) is 0 Å². The predicted molar refractivity (Wildman–Crippen MR) is 76.3 cm³/mol. The Morgan fingerprint density at radius 1 is 1.05 bits per heavy atom. The molecule has 0 amide bonds. The Kier molecular flexibility index (Phi) is 3.44. The zero-order valence-corrected chi connectivity index (χ0v) is 11.8. The van der Waals surface area contributed by atoms with E-state index in [0.29, 0.717) is 4.90 Å². The molecule has 1 fully saturated rings. The molecule has 0 spiro atoms. The third-order valence-electron chi connectivity index (χ3n) is 4.26. The van der Waals surface area contributed by atoms with E-state index in [1.165, 1.54) is 0 Å². The molecule has 1 aromatic carbocycles. The average molecular weight is 277 g/mol. The van der Waals surface area contributed by atoms with Crippen LogP contribution >= 0.6 is 0 Å². The van der Waals surface area contributed by atoms with Gasteiger partial charge in [0.25, 0.3) is 0 Å². The molecule has 2 aliphatic rings. The fourth-order valence-corrected chi connectivity index (χ4v) is 5.42. The van der Waals surface area contributed by atoms with Gasteiger partial charge in [0, 0.05) is 18.2 Å². The molecule has 0 aromatic heterocycles. The first kappa shape index (κ1) is 12.9. The Labute approximate surface area is 114 Å². The second-order valence-electron chi connectivity index (χ2n) is 5.41. The maximum Gasteiger partial charge on any atom is 0.181 e. The molecule has 1 aromatic rings. The summed E-state index contributed by atoms with van der Waals surface area (Å²) in [6.45, 7) is 0.879. The summed E-state index contributed by atoms with van der Waals surface area (Å²) in [6, 6.07) is 8.86. The molecule has 4 heteroatoms. The molecule has 0 bridgehead atoms. The van der Waals surface area contributed by atoms with E-state index in [4.69, 9.17) is 0 Å². The Balaban J connectivity index is 1.92. The smallest absolute Gasteiger partial charge is 0.181 e. The molecule has 19 heavy (non-hydrogen) atoms. The lowest BCUT2D eigenvalue weighted by molar-refractivity contribution is 0.568. The zero-order chi connectivity index (χ0) is 13.3. The van der Waals surface area contributed by atoms with Crippen LogP contribution < -0.4 is 0 Å². The first-order valence-corrected chi connectivity index (χ1v) is 8.56. The van der Waals surface area contributed by atoms with Gasteiger partial charge in [-0.05, 0) is 37.8 Å². The molecule has 3 rings (SSSR count). The van der Waals surface area contributed by atoms with E-state index in [1.807, 2.05) is 6.07 Å². The molecule has 1 saturated carbocycles. The van der Waals surface area contributed by atoms with Crippen molar-refractivity contribution in [3.8, 4) is 0 Å². The Morgan fingerprint density at radius 3 is 2.53 bits per heavy atom. The third kappa shape index (κ3) is 2.34. The van der Waals surface area contributed by atoms with Gasteiger partial charge in [0.05, 0.1) is 10.1 Å². The largest absolute Gasteiger partial charge is 0.294 e. The van der Waals surface area contributed by atoms with Gasteiger partial charge in [0.1, 0.15) is 0 Å². The van der Waals surface area contributed by atoms with Gasteiger partial charge in [-0.3, -0.25) is 4.99 Å². The number of aliphatic imine (C=N–C) groups is 1. The number of rotatable bonds is 3. The Bertz CT molecular complexity index is 577. The number of nitrogens with zero attached hydrogens (tertiary/aromatic N) is 1. The zero-order valence-electron chi connectivity index (χ0n) is 11.0. The van der Waals surface area contributed by atoms with Crippen molar-refractivity contribution in [3.05, 3.63) is 30.3 Å². The Morgan fingerprint density at radius 2 is 1.84 bits per heavy atom. The second-order valence-corrected chi connectivity index (χ2v) is 7.58. The summed E-state index contributed by atoms with van der Waals surface area (Å²) in [5.41, 5.74) is 1.15. The minimum absolute atomic E-state index is 0.160. The molecule has 0 radical (unpaired) electrons.